The number of aliphatic hydroxyl groups is 1. The second-order valence-electron chi connectivity index (χ2n) is 5.38. The van der Waals surface area contributed by atoms with Crippen LogP contribution in [-0.2, 0) is 4.74 Å². The van der Waals surface area contributed by atoms with E-state index in [-0.39, 0.29) is 0 Å². The molecule has 0 aliphatic heterocycles. The Hall–Kier alpha value is -0.160. The lowest BCUT2D eigenvalue weighted by atomic mass is 9.85. The largest absolute Gasteiger partial charge is 0.389 e. The Bertz CT molecular complexity index is 192. The minimum Gasteiger partial charge on any atom is -0.389 e. The van der Waals surface area contributed by atoms with Gasteiger partial charge in [0.1, 0.15) is 0 Å². The normalized spacial score (nSPS) is 19.8. The van der Waals surface area contributed by atoms with E-state index in [9.17, 15) is 5.11 Å². The van der Waals surface area contributed by atoms with Gasteiger partial charge in [-0.25, -0.2) is 0 Å². The van der Waals surface area contributed by atoms with Crippen LogP contribution in [0, 0.1) is 0 Å². The third kappa shape index (κ3) is 6.99. The van der Waals surface area contributed by atoms with E-state index in [2.05, 4.69) is 10.2 Å². The van der Waals surface area contributed by atoms with E-state index in [1.54, 1.807) is 0 Å². The second-order valence-corrected chi connectivity index (χ2v) is 5.38. The van der Waals surface area contributed by atoms with Gasteiger partial charge in [-0.15, -0.1) is 0 Å². The number of nitrogens with zero attached hydrogens (tertiary/aromatic N) is 1. The lowest BCUT2D eigenvalue weighted by Gasteiger charge is -2.32. The first-order chi connectivity index (χ1) is 8.12. The molecule has 102 valence electrons. The lowest BCUT2D eigenvalue weighted by Crippen LogP contribution is -2.43. The van der Waals surface area contributed by atoms with Crippen molar-refractivity contribution < 1.29 is 9.84 Å². The predicted octanol–water partition coefficient (Wildman–Crippen LogP) is 0.849. The molecule has 0 spiro atoms. The van der Waals surface area contributed by atoms with Crippen LogP contribution in [0.3, 0.4) is 0 Å². The number of nitrogens with one attached hydrogen (secondary N) is 1. The molecular formula is C13H28N2O2. The highest BCUT2D eigenvalue weighted by atomic mass is 16.5. The van der Waals surface area contributed by atoms with E-state index in [0.29, 0.717) is 6.54 Å². The third-order valence-corrected chi connectivity index (χ3v) is 3.34. The maximum absolute atomic E-state index is 10.2. The van der Waals surface area contributed by atoms with E-state index in [1.807, 2.05) is 14.1 Å². The van der Waals surface area contributed by atoms with Crippen LogP contribution in [-0.4, -0.2) is 62.6 Å². The summed E-state index contributed by atoms with van der Waals surface area (Å²) in [7, 11) is 4.08. The fraction of sp³-hybridized carbons (Fsp3) is 1.00. The molecule has 0 radical (unpaired) electrons. The molecule has 0 saturated heterocycles. The van der Waals surface area contributed by atoms with Crippen molar-refractivity contribution in [2.45, 2.75) is 37.7 Å². The molecule has 0 atom stereocenters. The van der Waals surface area contributed by atoms with Crippen LogP contribution in [0.25, 0.3) is 0 Å². The molecule has 0 bridgehead atoms. The van der Waals surface area contributed by atoms with Crippen molar-refractivity contribution in [3.05, 3.63) is 0 Å². The molecule has 1 aliphatic carbocycles. The van der Waals surface area contributed by atoms with Crippen LogP contribution in [0.4, 0.5) is 0 Å². The zero-order chi connectivity index (χ0) is 12.6. The van der Waals surface area contributed by atoms with Gasteiger partial charge in [0.15, 0.2) is 0 Å². The summed E-state index contributed by atoms with van der Waals surface area (Å²) in [5.74, 6) is 0. The lowest BCUT2D eigenvalue weighted by molar-refractivity contribution is 0.00330. The minimum absolute atomic E-state index is 0.456. The molecule has 17 heavy (non-hydrogen) atoms. The maximum atomic E-state index is 10.2. The average molecular weight is 244 g/mol. The summed E-state index contributed by atoms with van der Waals surface area (Å²) in [5.41, 5.74) is -0.456. The SMILES string of the molecule is CN(C)CCOCCNCC1(O)CCCCC1. The van der Waals surface area contributed by atoms with Crippen molar-refractivity contribution >= 4 is 0 Å². The number of likely N-dealkylation sites (N-methyl/N-ethyl adjacent to an activating group) is 1. The Kier molecular flexibility index (Phi) is 7.04. The monoisotopic (exact) mass is 244 g/mol. The molecule has 0 aromatic carbocycles. The van der Waals surface area contributed by atoms with Crippen LogP contribution >= 0.6 is 0 Å². The van der Waals surface area contributed by atoms with Gasteiger partial charge < -0.3 is 20.1 Å². The molecule has 0 aromatic rings. The van der Waals surface area contributed by atoms with Crippen molar-refractivity contribution in [3.8, 4) is 0 Å². The van der Waals surface area contributed by atoms with Gasteiger partial charge in [-0.05, 0) is 26.9 Å². The van der Waals surface area contributed by atoms with Gasteiger partial charge in [0.05, 0.1) is 18.8 Å². The van der Waals surface area contributed by atoms with Crippen LogP contribution in [0.15, 0.2) is 0 Å². The Balaban J connectivity index is 1.93. The van der Waals surface area contributed by atoms with E-state index in [4.69, 9.17) is 4.74 Å². The minimum atomic E-state index is -0.456. The number of hydrogen-bond acceptors (Lipinski definition) is 4. The summed E-state index contributed by atoms with van der Waals surface area (Å²) in [6.45, 7) is 4.01. The smallest absolute Gasteiger partial charge is 0.0771 e. The summed E-state index contributed by atoms with van der Waals surface area (Å²) in [6.07, 6.45) is 5.49. The van der Waals surface area contributed by atoms with Crippen molar-refractivity contribution in [3.63, 3.8) is 0 Å². The molecule has 4 nitrogen and oxygen atoms in total. The average Bonchev–Trinajstić information content (AvgIpc) is 2.28. The van der Waals surface area contributed by atoms with Gasteiger partial charge >= 0.3 is 0 Å². The molecule has 0 heterocycles. The van der Waals surface area contributed by atoms with Gasteiger partial charge in [-0.3, -0.25) is 0 Å². The van der Waals surface area contributed by atoms with Crippen LogP contribution in [0.2, 0.25) is 0 Å². The number of hydrogen-bond donors (Lipinski definition) is 2. The predicted molar refractivity (Wildman–Crippen MR) is 70.3 cm³/mol. The molecule has 0 amide bonds. The summed E-state index contributed by atoms with van der Waals surface area (Å²) < 4.78 is 5.48. The zero-order valence-corrected chi connectivity index (χ0v) is 11.4. The number of rotatable bonds is 8. The van der Waals surface area contributed by atoms with Crippen LogP contribution in [0.1, 0.15) is 32.1 Å². The molecule has 0 aromatic heterocycles. The molecule has 1 aliphatic rings. The van der Waals surface area contributed by atoms with Crippen molar-refractivity contribution in [2.75, 3.05) is 46.9 Å². The van der Waals surface area contributed by atoms with Gasteiger partial charge in [-0.1, -0.05) is 19.3 Å². The van der Waals surface area contributed by atoms with E-state index < -0.39 is 5.60 Å². The molecule has 4 heteroatoms. The van der Waals surface area contributed by atoms with Crippen molar-refractivity contribution in [1.29, 1.82) is 0 Å². The van der Waals surface area contributed by atoms with Crippen LogP contribution in [0.5, 0.6) is 0 Å². The molecule has 1 fully saturated rings. The van der Waals surface area contributed by atoms with Crippen molar-refractivity contribution in [2.24, 2.45) is 0 Å². The van der Waals surface area contributed by atoms with E-state index in [1.165, 1.54) is 6.42 Å². The summed E-state index contributed by atoms with van der Waals surface area (Å²) >= 11 is 0. The highest BCUT2D eigenvalue weighted by Gasteiger charge is 2.28. The Morgan fingerprint density at radius 1 is 1.18 bits per heavy atom. The maximum Gasteiger partial charge on any atom is 0.0771 e. The van der Waals surface area contributed by atoms with Crippen LogP contribution < -0.4 is 5.32 Å². The van der Waals surface area contributed by atoms with Gasteiger partial charge in [-0.2, -0.15) is 0 Å². The topological polar surface area (TPSA) is 44.7 Å². The summed E-state index contributed by atoms with van der Waals surface area (Å²) in [6, 6.07) is 0. The molecular weight excluding hydrogens is 216 g/mol. The first kappa shape index (κ1) is 14.9. The first-order valence-electron chi connectivity index (χ1n) is 6.78. The second kappa shape index (κ2) is 8.03. The highest BCUT2D eigenvalue weighted by molar-refractivity contribution is 4.84. The standard InChI is InChI=1S/C13H28N2O2/c1-15(2)9-11-17-10-8-14-12-13(16)6-4-3-5-7-13/h14,16H,3-12H2,1-2H3. The van der Waals surface area contributed by atoms with Gasteiger partial charge in [0.25, 0.3) is 0 Å². The van der Waals surface area contributed by atoms with E-state index >= 15 is 0 Å². The Morgan fingerprint density at radius 3 is 2.53 bits per heavy atom. The van der Waals surface area contributed by atoms with Gasteiger partial charge in [0.2, 0.25) is 0 Å². The zero-order valence-electron chi connectivity index (χ0n) is 11.4. The van der Waals surface area contributed by atoms with E-state index in [0.717, 1.165) is 52.0 Å². The number of ether oxygens (including phenoxy) is 1. The van der Waals surface area contributed by atoms with Crippen molar-refractivity contribution in [1.82, 2.24) is 10.2 Å². The molecule has 1 rings (SSSR count). The first-order valence-corrected chi connectivity index (χ1v) is 6.78. The third-order valence-electron chi connectivity index (χ3n) is 3.34. The quantitative estimate of drug-likeness (QED) is 0.621. The Labute approximate surface area is 105 Å². The fourth-order valence-electron chi connectivity index (χ4n) is 2.20. The Morgan fingerprint density at radius 2 is 1.88 bits per heavy atom. The highest BCUT2D eigenvalue weighted by Crippen LogP contribution is 2.27. The fourth-order valence-corrected chi connectivity index (χ4v) is 2.20. The summed E-state index contributed by atoms with van der Waals surface area (Å²) in [4.78, 5) is 2.11. The summed E-state index contributed by atoms with van der Waals surface area (Å²) in [5, 5.41) is 13.5. The molecule has 2 N–H and O–H groups in total. The van der Waals surface area contributed by atoms with Gasteiger partial charge in [0, 0.05) is 19.6 Å². The molecule has 0 unspecified atom stereocenters. The molecule has 1 saturated carbocycles.